The lowest BCUT2D eigenvalue weighted by atomic mass is 10.3. The van der Waals surface area contributed by atoms with Crippen molar-refractivity contribution in [3.8, 4) is 0 Å². The highest BCUT2D eigenvalue weighted by atomic mass is 19.1. The van der Waals surface area contributed by atoms with Crippen molar-refractivity contribution >= 4 is 23.4 Å². The van der Waals surface area contributed by atoms with Crippen molar-refractivity contribution in [1.82, 2.24) is 15.0 Å². The van der Waals surface area contributed by atoms with E-state index in [0.717, 1.165) is 32.0 Å². The van der Waals surface area contributed by atoms with Gasteiger partial charge in [-0.05, 0) is 12.1 Å². The first-order valence-corrected chi connectivity index (χ1v) is 10.9. The molecule has 31 heavy (non-hydrogen) atoms. The van der Waals surface area contributed by atoms with Gasteiger partial charge in [0.15, 0.2) is 11.6 Å². The fourth-order valence-corrected chi connectivity index (χ4v) is 4.20. The Kier molecular flexibility index (Phi) is 5.99. The quantitative estimate of drug-likeness (QED) is 0.708. The first-order chi connectivity index (χ1) is 15.3. The molecule has 0 aromatic carbocycles. The van der Waals surface area contributed by atoms with E-state index in [-0.39, 0.29) is 5.82 Å². The van der Waals surface area contributed by atoms with Crippen molar-refractivity contribution in [1.29, 1.82) is 0 Å². The highest BCUT2D eigenvalue weighted by Crippen LogP contribution is 2.30. The molecule has 3 aliphatic heterocycles. The summed E-state index contributed by atoms with van der Waals surface area (Å²) in [6.07, 6.45) is 1.81. The predicted octanol–water partition coefficient (Wildman–Crippen LogP) is 1.01. The maximum Gasteiger partial charge on any atom is 0.229 e. The van der Waals surface area contributed by atoms with Crippen LogP contribution in [0, 0.1) is 5.82 Å². The van der Waals surface area contributed by atoms with Crippen LogP contribution in [0.5, 0.6) is 0 Å². The first kappa shape index (κ1) is 20.2. The fraction of sp³-hybridized carbons (Fsp3) is 0.571. The van der Waals surface area contributed by atoms with Crippen molar-refractivity contribution in [2.24, 2.45) is 0 Å². The number of ether oxygens (including phenoxy) is 2. The third-order valence-electron chi connectivity index (χ3n) is 5.96. The van der Waals surface area contributed by atoms with Crippen LogP contribution < -0.4 is 19.6 Å². The maximum absolute atomic E-state index is 15.5. The lowest BCUT2D eigenvalue weighted by molar-refractivity contribution is 0.121. The van der Waals surface area contributed by atoms with Gasteiger partial charge in [0, 0.05) is 58.6 Å². The van der Waals surface area contributed by atoms with Gasteiger partial charge in [-0.15, -0.1) is 0 Å². The van der Waals surface area contributed by atoms with Gasteiger partial charge < -0.3 is 29.1 Å². The molecule has 3 saturated heterocycles. The number of hydrogen-bond acceptors (Lipinski definition) is 9. The SMILES string of the molecule is Fc1c(N2CCOCC2)nc(N2CCN(c3ccccn3)CC2)nc1N1CCOCC1. The molecule has 2 aromatic rings. The minimum absolute atomic E-state index is 0.348. The molecular formula is C21H28FN7O2. The second kappa shape index (κ2) is 9.19. The smallest absolute Gasteiger partial charge is 0.229 e. The molecule has 2 aromatic heterocycles. The monoisotopic (exact) mass is 429 g/mol. The predicted molar refractivity (Wildman–Crippen MR) is 117 cm³/mol. The highest BCUT2D eigenvalue weighted by molar-refractivity contribution is 5.58. The number of rotatable bonds is 4. The van der Waals surface area contributed by atoms with Gasteiger partial charge in [0.2, 0.25) is 11.8 Å². The zero-order valence-corrected chi connectivity index (χ0v) is 17.6. The molecule has 3 fully saturated rings. The molecule has 0 radical (unpaired) electrons. The summed E-state index contributed by atoms with van der Waals surface area (Å²) in [4.78, 5) is 22.2. The molecule has 0 amide bonds. The summed E-state index contributed by atoms with van der Waals surface area (Å²) in [6, 6.07) is 5.95. The molecule has 0 N–H and O–H groups in total. The number of nitrogens with zero attached hydrogens (tertiary/aromatic N) is 7. The van der Waals surface area contributed by atoms with E-state index in [4.69, 9.17) is 19.4 Å². The first-order valence-electron chi connectivity index (χ1n) is 10.9. The van der Waals surface area contributed by atoms with Gasteiger partial charge in [0.1, 0.15) is 5.82 Å². The summed E-state index contributed by atoms with van der Waals surface area (Å²) >= 11 is 0. The van der Waals surface area contributed by atoms with E-state index in [0.29, 0.717) is 70.2 Å². The molecule has 0 spiro atoms. The molecule has 3 aliphatic rings. The second-order valence-corrected chi connectivity index (χ2v) is 7.85. The molecule has 166 valence electrons. The Morgan fingerprint density at radius 3 is 1.74 bits per heavy atom. The van der Waals surface area contributed by atoms with Gasteiger partial charge in [0.25, 0.3) is 0 Å². The van der Waals surface area contributed by atoms with Gasteiger partial charge in [-0.25, -0.2) is 4.98 Å². The van der Waals surface area contributed by atoms with E-state index in [9.17, 15) is 0 Å². The molecule has 5 heterocycles. The number of hydrogen-bond donors (Lipinski definition) is 0. The number of anilines is 4. The standard InChI is InChI=1S/C21H28FN7O2/c22-18-19(27-9-13-30-14-10-27)24-21(25-20(18)28-11-15-31-16-12-28)29-7-5-26(6-8-29)17-3-1-2-4-23-17/h1-4H,5-16H2. The summed E-state index contributed by atoms with van der Waals surface area (Å²) in [6.45, 7) is 7.97. The number of aromatic nitrogens is 3. The summed E-state index contributed by atoms with van der Waals surface area (Å²) in [5.74, 6) is 1.97. The molecule has 0 saturated carbocycles. The third-order valence-corrected chi connectivity index (χ3v) is 5.96. The third kappa shape index (κ3) is 4.35. The van der Waals surface area contributed by atoms with Gasteiger partial charge in [-0.2, -0.15) is 14.4 Å². The van der Waals surface area contributed by atoms with Crippen molar-refractivity contribution in [3.05, 3.63) is 30.2 Å². The van der Waals surface area contributed by atoms with Crippen LogP contribution in [-0.2, 0) is 9.47 Å². The van der Waals surface area contributed by atoms with Crippen LogP contribution in [-0.4, -0.2) is 93.7 Å². The van der Waals surface area contributed by atoms with Gasteiger partial charge in [-0.1, -0.05) is 6.07 Å². The summed E-state index contributed by atoms with van der Waals surface area (Å²) in [5, 5.41) is 0. The van der Waals surface area contributed by atoms with E-state index >= 15 is 4.39 Å². The highest BCUT2D eigenvalue weighted by Gasteiger charge is 2.28. The Bertz CT molecular complexity index is 828. The second-order valence-electron chi connectivity index (χ2n) is 7.85. The minimum Gasteiger partial charge on any atom is -0.378 e. The van der Waals surface area contributed by atoms with E-state index in [1.807, 2.05) is 34.2 Å². The van der Waals surface area contributed by atoms with Crippen molar-refractivity contribution in [3.63, 3.8) is 0 Å². The molecule has 9 nitrogen and oxygen atoms in total. The molecular weight excluding hydrogens is 401 g/mol. The largest absolute Gasteiger partial charge is 0.378 e. The van der Waals surface area contributed by atoms with E-state index in [1.165, 1.54) is 0 Å². The Labute approximate surface area is 181 Å². The Balaban J connectivity index is 1.41. The normalized spacial score (nSPS) is 20.3. The maximum atomic E-state index is 15.5. The molecule has 0 atom stereocenters. The molecule has 5 rings (SSSR count). The fourth-order valence-electron chi connectivity index (χ4n) is 4.20. The van der Waals surface area contributed by atoms with Crippen molar-refractivity contribution < 1.29 is 13.9 Å². The minimum atomic E-state index is -0.348. The van der Waals surface area contributed by atoms with Crippen molar-refractivity contribution in [2.75, 3.05) is 98.4 Å². The van der Waals surface area contributed by atoms with Crippen LogP contribution in [0.4, 0.5) is 27.8 Å². The number of piperazine rings is 1. The number of pyridine rings is 1. The number of morpholine rings is 2. The van der Waals surface area contributed by atoms with E-state index in [2.05, 4.69) is 14.8 Å². The Hall–Kier alpha value is -2.72. The van der Waals surface area contributed by atoms with Gasteiger partial charge >= 0.3 is 0 Å². The molecule has 10 heteroatoms. The lowest BCUT2D eigenvalue weighted by Gasteiger charge is -2.37. The lowest BCUT2D eigenvalue weighted by Crippen LogP contribution is -2.48. The average molecular weight is 430 g/mol. The Morgan fingerprint density at radius 2 is 1.23 bits per heavy atom. The van der Waals surface area contributed by atoms with Crippen LogP contribution in [0.25, 0.3) is 0 Å². The molecule has 0 bridgehead atoms. The zero-order valence-electron chi connectivity index (χ0n) is 17.6. The number of halogens is 1. The topological polar surface area (TPSA) is 70.1 Å². The van der Waals surface area contributed by atoms with Crippen LogP contribution >= 0.6 is 0 Å². The van der Waals surface area contributed by atoms with Crippen LogP contribution in [0.2, 0.25) is 0 Å². The van der Waals surface area contributed by atoms with Gasteiger partial charge in [-0.3, -0.25) is 0 Å². The average Bonchev–Trinajstić information content (AvgIpc) is 2.86. The molecule has 0 unspecified atom stereocenters. The Morgan fingerprint density at radius 1 is 0.677 bits per heavy atom. The van der Waals surface area contributed by atoms with Crippen molar-refractivity contribution in [2.45, 2.75) is 0 Å². The van der Waals surface area contributed by atoms with Gasteiger partial charge in [0.05, 0.1) is 26.4 Å². The van der Waals surface area contributed by atoms with Crippen LogP contribution in [0.3, 0.4) is 0 Å². The summed E-state index contributed by atoms with van der Waals surface area (Å²) in [7, 11) is 0. The van der Waals surface area contributed by atoms with E-state index < -0.39 is 0 Å². The van der Waals surface area contributed by atoms with E-state index in [1.54, 1.807) is 0 Å². The zero-order chi connectivity index (χ0) is 21.0. The molecule has 0 aliphatic carbocycles. The van der Waals surface area contributed by atoms with Crippen LogP contribution in [0.1, 0.15) is 0 Å². The van der Waals surface area contributed by atoms with Crippen LogP contribution in [0.15, 0.2) is 24.4 Å². The summed E-state index contributed by atoms with van der Waals surface area (Å²) < 4.78 is 26.5. The summed E-state index contributed by atoms with van der Waals surface area (Å²) in [5.41, 5.74) is 0.